The molecule has 3 heterocycles. The number of nitrogens with zero attached hydrogens (tertiary/aromatic N) is 3. The highest BCUT2D eigenvalue weighted by molar-refractivity contribution is 6.17. The van der Waals surface area contributed by atoms with Crippen molar-refractivity contribution >= 4 is 27.7 Å². The van der Waals surface area contributed by atoms with Gasteiger partial charge >= 0.3 is 5.97 Å². The van der Waals surface area contributed by atoms with Crippen LogP contribution in [-0.2, 0) is 4.74 Å². The minimum absolute atomic E-state index is 0.130. The molecule has 1 N–H and O–H groups in total. The second-order valence-corrected chi connectivity index (χ2v) is 11.4. The zero-order valence-electron chi connectivity index (χ0n) is 24.2. The zero-order chi connectivity index (χ0) is 28.5. The van der Waals surface area contributed by atoms with Crippen molar-refractivity contribution in [1.82, 2.24) is 14.8 Å². The Balaban J connectivity index is 1.58. The van der Waals surface area contributed by atoms with Crippen LogP contribution in [0.25, 0.3) is 21.7 Å². The maximum atomic E-state index is 13.4. The number of likely N-dealkylation sites (N-methyl/N-ethyl adjacent to an activating group) is 1. The molecule has 8 nitrogen and oxygen atoms in total. The van der Waals surface area contributed by atoms with Crippen LogP contribution in [-0.4, -0.2) is 72.3 Å². The number of fused-ring (bicyclic) bond motifs is 3. The molecule has 41 heavy (non-hydrogen) atoms. The van der Waals surface area contributed by atoms with Crippen molar-refractivity contribution in [2.75, 3.05) is 46.4 Å². The number of phenols is 1. The van der Waals surface area contributed by atoms with E-state index in [0.29, 0.717) is 45.8 Å². The van der Waals surface area contributed by atoms with E-state index in [1.807, 2.05) is 30.3 Å². The number of phenolic OH excluding ortho intramolecular Hbond substituents is 1. The van der Waals surface area contributed by atoms with Gasteiger partial charge in [0.1, 0.15) is 28.4 Å². The molecule has 1 atom stereocenters. The minimum atomic E-state index is -0.452. The van der Waals surface area contributed by atoms with Crippen LogP contribution in [0.2, 0.25) is 0 Å². The molecule has 2 aliphatic rings. The Morgan fingerprint density at radius 3 is 2.54 bits per heavy atom. The van der Waals surface area contributed by atoms with Gasteiger partial charge in [-0.3, -0.25) is 9.88 Å². The van der Waals surface area contributed by atoms with Gasteiger partial charge in [-0.1, -0.05) is 12.8 Å². The number of aromatic hydroxyl groups is 1. The molecular weight excluding hydrogens is 518 g/mol. The van der Waals surface area contributed by atoms with Crippen molar-refractivity contribution < 1.29 is 23.8 Å². The number of carbonyl (C=O) groups is 1. The first-order chi connectivity index (χ1) is 20.0. The fraction of sp³-hybridized carbons (Fsp3) is 0.455. The van der Waals surface area contributed by atoms with Crippen LogP contribution < -0.4 is 4.74 Å². The second-order valence-electron chi connectivity index (χ2n) is 11.4. The van der Waals surface area contributed by atoms with Crippen LogP contribution in [0.15, 0.2) is 47.1 Å². The standard InChI is InChI=1S/C33H39N3O5/c1-4-39-33(38)27-21(2)41-32-25-10-9-24(40-20-22-7-5-6-8-22)19-26(25)31(37)29(28(27)32)30(23-11-13-34-14-12-23)36-17-15-35(3)16-18-36/h9-14,19,22,30,37H,4-8,15-18,20H2,1-3H3. The predicted molar refractivity (Wildman–Crippen MR) is 159 cm³/mol. The molecule has 6 rings (SSSR count). The topological polar surface area (TPSA) is 88.3 Å². The van der Waals surface area contributed by atoms with Gasteiger partial charge in [0, 0.05) is 60.3 Å². The number of rotatable bonds is 8. The average molecular weight is 558 g/mol. The summed E-state index contributed by atoms with van der Waals surface area (Å²) in [7, 11) is 2.12. The summed E-state index contributed by atoms with van der Waals surface area (Å²) < 4.78 is 18.1. The van der Waals surface area contributed by atoms with Crippen LogP contribution in [0.3, 0.4) is 0 Å². The third-order valence-corrected chi connectivity index (χ3v) is 8.74. The van der Waals surface area contributed by atoms with Gasteiger partial charge in [-0.25, -0.2) is 4.79 Å². The van der Waals surface area contributed by atoms with Gasteiger partial charge in [-0.2, -0.15) is 0 Å². The van der Waals surface area contributed by atoms with Gasteiger partial charge in [0.2, 0.25) is 0 Å². The van der Waals surface area contributed by atoms with Gasteiger partial charge in [0.25, 0.3) is 0 Å². The number of ether oxygens (including phenoxy) is 2. The predicted octanol–water partition coefficient (Wildman–Crippen LogP) is 6.08. The van der Waals surface area contributed by atoms with Gasteiger partial charge in [0.05, 0.1) is 19.3 Å². The molecule has 8 heteroatoms. The highest BCUT2D eigenvalue weighted by Gasteiger charge is 2.35. The van der Waals surface area contributed by atoms with E-state index in [1.165, 1.54) is 25.7 Å². The smallest absolute Gasteiger partial charge is 0.342 e. The molecule has 1 saturated heterocycles. The molecule has 0 amide bonds. The summed E-state index contributed by atoms with van der Waals surface area (Å²) >= 11 is 0. The maximum Gasteiger partial charge on any atom is 0.342 e. The molecule has 2 fully saturated rings. The number of hydrogen-bond acceptors (Lipinski definition) is 8. The van der Waals surface area contributed by atoms with E-state index < -0.39 is 5.97 Å². The molecule has 4 aromatic rings. The lowest BCUT2D eigenvalue weighted by Crippen LogP contribution is -2.46. The number of aromatic nitrogens is 1. The summed E-state index contributed by atoms with van der Waals surface area (Å²) in [6, 6.07) is 9.41. The van der Waals surface area contributed by atoms with E-state index >= 15 is 0 Å². The Hall–Kier alpha value is -3.62. The Morgan fingerprint density at radius 1 is 1.10 bits per heavy atom. The highest BCUT2D eigenvalue weighted by Crippen LogP contribution is 2.48. The SMILES string of the molecule is CCOC(=O)c1c(C)oc2c1c(C(c1ccncc1)N1CCN(C)CC1)c(O)c1cc(OCC3CCCC3)ccc12. The lowest BCUT2D eigenvalue weighted by Gasteiger charge is -2.39. The molecule has 1 aliphatic carbocycles. The van der Waals surface area contributed by atoms with E-state index in [9.17, 15) is 9.90 Å². The number of hydrogen-bond donors (Lipinski definition) is 1. The van der Waals surface area contributed by atoms with Crippen molar-refractivity contribution in [1.29, 1.82) is 0 Å². The van der Waals surface area contributed by atoms with Crippen LogP contribution in [0.5, 0.6) is 11.5 Å². The molecule has 0 bridgehead atoms. The zero-order valence-corrected chi connectivity index (χ0v) is 24.2. The largest absolute Gasteiger partial charge is 0.507 e. The number of aryl methyl sites for hydroxylation is 1. The molecule has 1 aliphatic heterocycles. The summed E-state index contributed by atoms with van der Waals surface area (Å²) in [5, 5.41) is 14.2. The van der Waals surface area contributed by atoms with E-state index in [4.69, 9.17) is 13.9 Å². The summed E-state index contributed by atoms with van der Waals surface area (Å²) in [4.78, 5) is 22.3. The monoisotopic (exact) mass is 557 g/mol. The molecular formula is C33H39N3O5. The van der Waals surface area contributed by atoms with Gasteiger partial charge < -0.3 is 23.9 Å². The van der Waals surface area contributed by atoms with Crippen LogP contribution in [0.1, 0.15) is 65.9 Å². The first-order valence-corrected chi connectivity index (χ1v) is 14.8. The normalized spacial score (nSPS) is 17.8. The Kier molecular flexibility index (Phi) is 7.86. The molecule has 1 saturated carbocycles. The average Bonchev–Trinajstić information content (AvgIpc) is 3.63. The molecule has 0 spiro atoms. The summed E-state index contributed by atoms with van der Waals surface area (Å²) in [5.74, 6) is 1.45. The third kappa shape index (κ3) is 5.26. The highest BCUT2D eigenvalue weighted by atomic mass is 16.5. The first kappa shape index (κ1) is 27.5. The van der Waals surface area contributed by atoms with Crippen molar-refractivity contribution in [3.05, 3.63) is 65.2 Å². The summed E-state index contributed by atoms with van der Waals surface area (Å²) in [6.07, 6.45) is 8.47. The second kappa shape index (κ2) is 11.7. The van der Waals surface area contributed by atoms with E-state index in [1.54, 1.807) is 26.2 Å². The number of pyridine rings is 1. The van der Waals surface area contributed by atoms with E-state index in [-0.39, 0.29) is 18.4 Å². The molecule has 1 unspecified atom stereocenters. The van der Waals surface area contributed by atoms with Crippen LogP contribution in [0.4, 0.5) is 0 Å². The molecule has 2 aromatic carbocycles. The quantitative estimate of drug-likeness (QED) is 0.261. The van der Waals surface area contributed by atoms with Crippen molar-refractivity contribution in [2.24, 2.45) is 5.92 Å². The van der Waals surface area contributed by atoms with E-state index in [0.717, 1.165) is 42.9 Å². The Bertz CT molecular complexity index is 1540. The van der Waals surface area contributed by atoms with Crippen molar-refractivity contribution in [3.8, 4) is 11.5 Å². The van der Waals surface area contributed by atoms with Gasteiger partial charge in [0.15, 0.2) is 0 Å². The van der Waals surface area contributed by atoms with Gasteiger partial charge in [-0.15, -0.1) is 0 Å². The third-order valence-electron chi connectivity index (χ3n) is 8.74. The minimum Gasteiger partial charge on any atom is -0.507 e. The summed E-state index contributed by atoms with van der Waals surface area (Å²) in [6.45, 7) is 7.90. The van der Waals surface area contributed by atoms with Crippen molar-refractivity contribution in [3.63, 3.8) is 0 Å². The molecule has 2 aromatic heterocycles. The first-order valence-electron chi connectivity index (χ1n) is 14.8. The van der Waals surface area contributed by atoms with Crippen molar-refractivity contribution in [2.45, 2.75) is 45.6 Å². The number of carbonyl (C=O) groups excluding carboxylic acids is 1. The lowest BCUT2D eigenvalue weighted by atomic mass is 9.89. The number of benzene rings is 2. The fourth-order valence-corrected chi connectivity index (χ4v) is 6.55. The van der Waals surface area contributed by atoms with E-state index in [2.05, 4.69) is 21.8 Å². The maximum absolute atomic E-state index is 13.4. The number of esters is 1. The lowest BCUT2D eigenvalue weighted by molar-refractivity contribution is 0.0526. The van der Waals surface area contributed by atoms with Crippen LogP contribution >= 0.6 is 0 Å². The molecule has 0 radical (unpaired) electrons. The summed E-state index contributed by atoms with van der Waals surface area (Å²) in [5.41, 5.74) is 2.58. The Morgan fingerprint density at radius 2 is 1.83 bits per heavy atom. The fourth-order valence-electron chi connectivity index (χ4n) is 6.55. The number of piperazine rings is 1. The van der Waals surface area contributed by atoms with Crippen LogP contribution in [0, 0.1) is 12.8 Å². The molecule has 216 valence electrons. The Labute approximate surface area is 240 Å². The number of furan rings is 1. The van der Waals surface area contributed by atoms with Gasteiger partial charge in [-0.05, 0) is 75.5 Å².